The van der Waals surface area contributed by atoms with Crippen LogP contribution in [0.3, 0.4) is 0 Å². The number of nitrogens with two attached hydrogens (primary N) is 2. The van der Waals surface area contributed by atoms with E-state index in [1.165, 1.54) is 0 Å². The van der Waals surface area contributed by atoms with Crippen LogP contribution in [0.2, 0.25) is 0 Å². The van der Waals surface area contributed by atoms with Gasteiger partial charge in [-0.1, -0.05) is 18.2 Å². The Labute approximate surface area is 120 Å². The molecule has 0 spiro atoms. The zero-order valence-electron chi connectivity index (χ0n) is 11.1. The van der Waals surface area contributed by atoms with Crippen LogP contribution in [0.5, 0.6) is 0 Å². The Balaban J connectivity index is 2.19. The van der Waals surface area contributed by atoms with Crippen molar-refractivity contribution < 1.29 is 9.00 Å². The van der Waals surface area contributed by atoms with Crippen LogP contribution < -0.4 is 11.5 Å². The fourth-order valence-corrected chi connectivity index (χ4v) is 3.21. The van der Waals surface area contributed by atoms with Gasteiger partial charge in [0.2, 0.25) is 5.91 Å². The Morgan fingerprint density at radius 1 is 1.15 bits per heavy atom. The van der Waals surface area contributed by atoms with Crippen molar-refractivity contribution in [3.8, 4) is 0 Å². The monoisotopic (exact) mass is 288 g/mol. The van der Waals surface area contributed by atoms with E-state index in [0.29, 0.717) is 17.0 Å². The molecule has 0 saturated heterocycles. The SMILES string of the molecule is Cc1c(N)cccc1S(=O)Cc1ccc(C(N)=O)cc1. The average molecular weight is 288 g/mol. The van der Waals surface area contributed by atoms with Gasteiger partial charge in [-0.25, -0.2) is 0 Å². The summed E-state index contributed by atoms with van der Waals surface area (Å²) in [5, 5.41) is 0. The van der Waals surface area contributed by atoms with Gasteiger partial charge in [0.25, 0.3) is 0 Å². The van der Waals surface area contributed by atoms with E-state index in [1.807, 2.05) is 13.0 Å². The minimum atomic E-state index is -1.17. The van der Waals surface area contributed by atoms with Crippen LogP contribution in [0, 0.1) is 6.92 Å². The molecule has 0 aliphatic heterocycles. The highest BCUT2D eigenvalue weighted by molar-refractivity contribution is 7.84. The van der Waals surface area contributed by atoms with Crippen molar-refractivity contribution in [2.24, 2.45) is 5.73 Å². The zero-order valence-corrected chi connectivity index (χ0v) is 11.9. The van der Waals surface area contributed by atoms with Gasteiger partial charge < -0.3 is 11.5 Å². The van der Waals surface area contributed by atoms with E-state index in [1.54, 1.807) is 36.4 Å². The van der Waals surface area contributed by atoms with Crippen molar-refractivity contribution in [2.45, 2.75) is 17.6 Å². The number of amides is 1. The number of nitrogen functional groups attached to an aromatic ring is 1. The third kappa shape index (κ3) is 3.05. The molecule has 104 valence electrons. The van der Waals surface area contributed by atoms with Crippen LogP contribution in [0.25, 0.3) is 0 Å². The smallest absolute Gasteiger partial charge is 0.248 e. The third-order valence-electron chi connectivity index (χ3n) is 3.11. The second kappa shape index (κ2) is 5.88. The summed E-state index contributed by atoms with van der Waals surface area (Å²) in [6.07, 6.45) is 0. The van der Waals surface area contributed by atoms with Crippen LogP contribution in [0.15, 0.2) is 47.4 Å². The van der Waals surface area contributed by atoms with Crippen molar-refractivity contribution in [1.82, 2.24) is 0 Å². The van der Waals surface area contributed by atoms with Crippen LogP contribution in [-0.4, -0.2) is 10.1 Å². The van der Waals surface area contributed by atoms with Crippen molar-refractivity contribution in [3.63, 3.8) is 0 Å². The lowest BCUT2D eigenvalue weighted by atomic mass is 10.1. The molecule has 0 aromatic heterocycles. The van der Waals surface area contributed by atoms with Gasteiger partial charge in [-0.15, -0.1) is 0 Å². The molecule has 4 nitrogen and oxygen atoms in total. The molecule has 1 amide bonds. The maximum absolute atomic E-state index is 12.4. The summed E-state index contributed by atoms with van der Waals surface area (Å²) in [4.78, 5) is 11.7. The van der Waals surface area contributed by atoms with E-state index in [-0.39, 0.29) is 0 Å². The maximum Gasteiger partial charge on any atom is 0.248 e. The van der Waals surface area contributed by atoms with E-state index in [0.717, 1.165) is 16.0 Å². The summed E-state index contributed by atoms with van der Waals surface area (Å²) in [5.41, 5.74) is 13.8. The van der Waals surface area contributed by atoms with Gasteiger partial charge in [0.1, 0.15) is 0 Å². The van der Waals surface area contributed by atoms with Gasteiger partial charge in [-0.2, -0.15) is 0 Å². The predicted octanol–water partition coefficient (Wildman–Crippen LogP) is 1.98. The topological polar surface area (TPSA) is 86.2 Å². The van der Waals surface area contributed by atoms with Gasteiger partial charge >= 0.3 is 0 Å². The number of hydrogen-bond donors (Lipinski definition) is 2. The normalized spacial score (nSPS) is 12.1. The lowest BCUT2D eigenvalue weighted by molar-refractivity contribution is 0.100. The van der Waals surface area contributed by atoms with Gasteiger partial charge in [0.05, 0.1) is 16.6 Å². The second-order valence-electron chi connectivity index (χ2n) is 4.52. The van der Waals surface area contributed by atoms with E-state index in [9.17, 15) is 9.00 Å². The molecule has 2 aromatic rings. The van der Waals surface area contributed by atoms with Crippen molar-refractivity contribution in [2.75, 3.05) is 5.73 Å². The number of rotatable bonds is 4. The Kier molecular flexibility index (Phi) is 4.20. The van der Waals surface area contributed by atoms with E-state index in [2.05, 4.69) is 0 Å². The highest BCUT2D eigenvalue weighted by Gasteiger charge is 2.10. The first-order valence-electron chi connectivity index (χ1n) is 6.11. The van der Waals surface area contributed by atoms with E-state index >= 15 is 0 Å². The molecule has 0 fully saturated rings. The summed E-state index contributed by atoms with van der Waals surface area (Å²) in [6, 6.07) is 12.2. The minimum Gasteiger partial charge on any atom is -0.398 e. The molecule has 4 N–H and O–H groups in total. The molecule has 20 heavy (non-hydrogen) atoms. The minimum absolute atomic E-state index is 0.378. The quantitative estimate of drug-likeness (QED) is 0.843. The second-order valence-corrected chi connectivity index (χ2v) is 5.94. The third-order valence-corrected chi connectivity index (χ3v) is 4.64. The van der Waals surface area contributed by atoms with Crippen LogP contribution in [0.4, 0.5) is 5.69 Å². The zero-order chi connectivity index (χ0) is 14.7. The largest absolute Gasteiger partial charge is 0.398 e. The Bertz CT molecular complexity index is 666. The number of anilines is 1. The molecule has 0 radical (unpaired) electrons. The average Bonchev–Trinajstić information content (AvgIpc) is 2.42. The summed E-state index contributed by atoms with van der Waals surface area (Å²) in [7, 11) is -1.17. The molecule has 0 heterocycles. The Morgan fingerprint density at radius 2 is 1.80 bits per heavy atom. The molecule has 0 bridgehead atoms. The summed E-state index contributed by atoms with van der Waals surface area (Å²) in [5.74, 6) is -0.0899. The van der Waals surface area contributed by atoms with Crippen LogP contribution >= 0.6 is 0 Å². The lowest BCUT2D eigenvalue weighted by Crippen LogP contribution is -2.10. The Morgan fingerprint density at radius 3 is 2.40 bits per heavy atom. The molecule has 0 saturated carbocycles. The summed E-state index contributed by atoms with van der Waals surface area (Å²) in [6.45, 7) is 1.86. The van der Waals surface area contributed by atoms with Crippen LogP contribution in [0.1, 0.15) is 21.5 Å². The molecule has 5 heteroatoms. The van der Waals surface area contributed by atoms with E-state index in [4.69, 9.17) is 11.5 Å². The fraction of sp³-hybridized carbons (Fsp3) is 0.133. The first-order valence-corrected chi connectivity index (χ1v) is 7.43. The van der Waals surface area contributed by atoms with Crippen molar-refractivity contribution >= 4 is 22.4 Å². The van der Waals surface area contributed by atoms with E-state index < -0.39 is 16.7 Å². The first-order chi connectivity index (χ1) is 9.49. The number of carbonyl (C=O) groups is 1. The number of hydrogen-bond acceptors (Lipinski definition) is 3. The lowest BCUT2D eigenvalue weighted by Gasteiger charge is -2.08. The van der Waals surface area contributed by atoms with Crippen LogP contribution in [-0.2, 0) is 16.6 Å². The van der Waals surface area contributed by atoms with Gasteiger partial charge in [-0.3, -0.25) is 9.00 Å². The molecular formula is C15H16N2O2S. The van der Waals surface area contributed by atoms with Crippen molar-refractivity contribution in [3.05, 3.63) is 59.2 Å². The van der Waals surface area contributed by atoms with Gasteiger partial charge in [-0.05, 0) is 42.3 Å². The summed E-state index contributed by atoms with van der Waals surface area (Å²) < 4.78 is 12.4. The first kappa shape index (κ1) is 14.3. The molecule has 1 atom stereocenters. The number of primary amides is 1. The highest BCUT2D eigenvalue weighted by Crippen LogP contribution is 2.21. The fourth-order valence-electron chi connectivity index (χ4n) is 1.87. The molecule has 1 unspecified atom stereocenters. The molecular weight excluding hydrogens is 272 g/mol. The molecule has 0 aliphatic carbocycles. The highest BCUT2D eigenvalue weighted by atomic mass is 32.2. The number of benzene rings is 2. The predicted molar refractivity (Wildman–Crippen MR) is 80.7 cm³/mol. The molecule has 2 rings (SSSR count). The standard InChI is InChI=1S/C15H16N2O2S/c1-10-13(16)3-2-4-14(10)20(19)9-11-5-7-12(8-6-11)15(17)18/h2-8H,9,16H2,1H3,(H2,17,18). The van der Waals surface area contributed by atoms with Crippen molar-refractivity contribution in [1.29, 1.82) is 0 Å². The molecule has 2 aromatic carbocycles. The molecule has 0 aliphatic rings. The van der Waals surface area contributed by atoms with Gasteiger partial charge in [0.15, 0.2) is 0 Å². The Hall–Kier alpha value is -2.14. The van der Waals surface area contributed by atoms with Gasteiger partial charge in [0, 0.05) is 16.1 Å². The maximum atomic E-state index is 12.4. The number of carbonyl (C=O) groups excluding carboxylic acids is 1. The summed E-state index contributed by atoms with van der Waals surface area (Å²) >= 11 is 0.